The second kappa shape index (κ2) is 5.23. The van der Waals surface area contributed by atoms with Crippen LogP contribution in [0.3, 0.4) is 0 Å². The first-order valence-electron chi connectivity index (χ1n) is 4.84. The Balaban J connectivity index is 2.25. The third kappa shape index (κ3) is 3.00. The van der Waals surface area contributed by atoms with Crippen molar-refractivity contribution in [3.63, 3.8) is 0 Å². The van der Waals surface area contributed by atoms with Crippen molar-refractivity contribution in [1.82, 2.24) is 4.98 Å². The maximum atomic E-state index is 6.05. The summed E-state index contributed by atoms with van der Waals surface area (Å²) in [6.07, 6.45) is 1.64. The summed E-state index contributed by atoms with van der Waals surface area (Å²) in [7, 11) is 0. The summed E-state index contributed by atoms with van der Waals surface area (Å²) in [5.74, 6) is 5.85. The number of hydrazine groups is 1. The van der Waals surface area contributed by atoms with Gasteiger partial charge >= 0.3 is 0 Å². The van der Waals surface area contributed by atoms with Crippen LogP contribution in [-0.2, 0) is 0 Å². The van der Waals surface area contributed by atoms with E-state index in [1.165, 1.54) is 0 Å². The molecule has 0 saturated carbocycles. The van der Waals surface area contributed by atoms with Crippen molar-refractivity contribution < 1.29 is 0 Å². The average Bonchev–Trinajstić information content (AvgIpc) is 2.33. The van der Waals surface area contributed by atoms with Crippen LogP contribution in [0.15, 0.2) is 36.5 Å². The molecule has 0 saturated heterocycles. The van der Waals surface area contributed by atoms with Gasteiger partial charge in [0.2, 0.25) is 0 Å². The van der Waals surface area contributed by atoms with Crippen LogP contribution in [-0.4, -0.2) is 4.98 Å². The van der Waals surface area contributed by atoms with Crippen molar-refractivity contribution in [3.8, 4) is 0 Å². The van der Waals surface area contributed by atoms with E-state index in [1.807, 2.05) is 6.07 Å². The normalized spacial score (nSPS) is 10.1. The fourth-order valence-corrected chi connectivity index (χ4v) is 1.79. The molecule has 17 heavy (non-hydrogen) atoms. The predicted molar refractivity (Wildman–Crippen MR) is 71.8 cm³/mol. The number of hydrogen-bond donors (Lipinski definition) is 3. The molecule has 88 valence electrons. The second-order valence-electron chi connectivity index (χ2n) is 3.32. The molecule has 0 aliphatic heterocycles. The van der Waals surface area contributed by atoms with E-state index in [2.05, 4.69) is 15.7 Å². The highest BCUT2D eigenvalue weighted by atomic mass is 35.5. The van der Waals surface area contributed by atoms with Crippen molar-refractivity contribution in [2.24, 2.45) is 5.84 Å². The second-order valence-corrected chi connectivity index (χ2v) is 4.17. The topological polar surface area (TPSA) is 63.0 Å². The first kappa shape index (κ1) is 12.0. The highest BCUT2D eigenvalue weighted by Crippen LogP contribution is 2.28. The van der Waals surface area contributed by atoms with Crippen molar-refractivity contribution in [3.05, 3.63) is 46.6 Å². The third-order valence-electron chi connectivity index (χ3n) is 2.12. The number of anilines is 3. The summed E-state index contributed by atoms with van der Waals surface area (Å²) in [6.45, 7) is 0. The first-order valence-corrected chi connectivity index (χ1v) is 5.59. The van der Waals surface area contributed by atoms with E-state index in [4.69, 9.17) is 29.0 Å². The van der Waals surface area contributed by atoms with Crippen LogP contribution in [0, 0.1) is 0 Å². The van der Waals surface area contributed by atoms with Crippen LogP contribution in [0.5, 0.6) is 0 Å². The summed E-state index contributed by atoms with van der Waals surface area (Å²) in [4.78, 5) is 4.01. The lowest BCUT2D eigenvalue weighted by atomic mass is 10.3. The Morgan fingerprint density at radius 2 is 1.94 bits per heavy atom. The zero-order chi connectivity index (χ0) is 12.3. The highest BCUT2D eigenvalue weighted by molar-refractivity contribution is 6.36. The van der Waals surface area contributed by atoms with Gasteiger partial charge < -0.3 is 10.7 Å². The molecule has 0 aliphatic rings. The van der Waals surface area contributed by atoms with Crippen molar-refractivity contribution in [2.45, 2.75) is 0 Å². The molecule has 6 heteroatoms. The number of hydrogen-bond acceptors (Lipinski definition) is 4. The maximum Gasteiger partial charge on any atom is 0.141 e. The summed E-state index contributed by atoms with van der Waals surface area (Å²) >= 11 is 11.9. The number of pyridine rings is 1. The van der Waals surface area contributed by atoms with Gasteiger partial charge in [-0.2, -0.15) is 0 Å². The lowest BCUT2D eigenvalue weighted by molar-refractivity contribution is 1.23. The van der Waals surface area contributed by atoms with E-state index >= 15 is 0 Å². The van der Waals surface area contributed by atoms with E-state index in [0.29, 0.717) is 15.9 Å². The lowest BCUT2D eigenvalue weighted by Gasteiger charge is -2.09. The molecule has 4 nitrogen and oxygen atoms in total. The Hall–Kier alpha value is -1.49. The molecule has 0 fully saturated rings. The molecule has 1 heterocycles. The predicted octanol–water partition coefficient (Wildman–Crippen LogP) is 3.42. The molecule has 0 bridgehead atoms. The quantitative estimate of drug-likeness (QED) is 0.590. The van der Waals surface area contributed by atoms with Crippen LogP contribution in [0.2, 0.25) is 10.0 Å². The van der Waals surface area contributed by atoms with Crippen molar-refractivity contribution in [1.29, 1.82) is 0 Å². The van der Waals surface area contributed by atoms with Gasteiger partial charge in [0.1, 0.15) is 5.82 Å². The Kier molecular flexibility index (Phi) is 3.68. The highest BCUT2D eigenvalue weighted by Gasteiger charge is 2.02. The molecule has 0 atom stereocenters. The van der Waals surface area contributed by atoms with Gasteiger partial charge in [0.15, 0.2) is 0 Å². The van der Waals surface area contributed by atoms with Gasteiger partial charge in [0.05, 0.1) is 10.7 Å². The molecule has 2 aromatic rings. The van der Waals surface area contributed by atoms with Gasteiger partial charge in [-0.25, -0.2) is 10.8 Å². The van der Waals surface area contributed by atoms with Crippen molar-refractivity contribution in [2.75, 3.05) is 10.7 Å². The molecule has 0 amide bonds. The number of nitrogen functional groups attached to an aromatic ring is 1. The molecule has 0 radical (unpaired) electrons. The first-order chi connectivity index (χ1) is 8.19. The number of benzene rings is 1. The molecule has 1 aromatic carbocycles. The average molecular weight is 269 g/mol. The minimum Gasteiger partial charge on any atom is -0.354 e. The molecular formula is C11H10Cl2N4. The molecule has 0 unspecified atom stereocenters. The number of rotatable bonds is 3. The molecule has 1 aromatic heterocycles. The Morgan fingerprint density at radius 3 is 2.65 bits per heavy atom. The number of nitrogens with one attached hydrogen (secondary N) is 2. The molecule has 2 rings (SSSR count). The minimum atomic E-state index is 0.552. The lowest BCUT2D eigenvalue weighted by Crippen LogP contribution is -2.08. The Morgan fingerprint density at radius 1 is 1.12 bits per heavy atom. The molecular weight excluding hydrogens is 259 g/mol. The van der Waals surface area contributed by atoms with Gasteiger partial charge in [0.25, 0.3) is 0 Å². The van der Waals surface area contributed by atoms with E-state index in [-0.39, 0.29) is 0 Å². The number of aromatic nitrogens is 1. The van der Waals surface area contributed by atoms with E-state index in [9.17, 15) is 0 Å². The van der Waals surface area contributed by atoms with Gasteiger partial charge in [-0.15, -0.1) is 0 Å². The summed E-state index contributed by atoms with van der Waals surface area (Å²) in [5, 5.41) is 4.30. The van der Waals surface area contributed by atoms with Crippen LogP contribution >= 0.6 is 23.2 Å². The van der Waals surface area contributed by atoms with Gasteiger partial charge in [-0.3, -0.25) is 0 Å². The maximum absolute atomic E-state index is 6.05. The summed E-state index contributed by atoms with van der Waals surface area (Å²) in [5.41, 5.74) is 4.07. The molecule has 0 spiro atoms. The third-order valence-corrected chi connectivity index (χ3v) is 2.67. The van der Waals surface area contributed by atoms with Gasteiger partial charge in [-0.1, -0.05) is 23.2 Å². The monoisotopic (exact) mass is 268 g/mol. The zero-order valence-electron chi connectivity index (χ0n) is 8.74. The van der Waals surface area contributed by atoms with Crippen LogP contribution < -0.4 is 16.6 Å². The Bertz CT molecular complexity index is 531. The van der Waals surface area contributed by atoms with Crippen LogP contribution in [0.1, 0.15) is 0 Å². The molecule has 0 aliphatic carbocycles. The van der Waals surface area contributed by atoms with Crippen LogP contribution in [0.4, 0.5) is 17.2 Å². The minimum absolute atomic E-state index is 0.552. The van der Waals surface area contributed by atoms with Gasteiger partial charge in [-0.05, 0) is 24.3 Å². The van der Waals surface area contributed by atoms with E-state index in [0.717, 1.165) is 11.4 Å². The summed E-state index contributed by atoms with van der Waals surface area (Å²) < 4.78 is 0. The molecule has 4 N–H and O–H groups in total. The van der Waals surface area contributed by atoms with Crippen LogP contribution in [0.25, 0.3) is 0 Å². The standard InChI is InChI=1S/C11H10Cl2N4/c12-7-1-2-10(9(13)5-7)16-8-3-4-15-11(6-8)17-14/h1-6H,14H2,(H2,15,16,17). The summed E-state index contributed by atoms with van der Waals surface area (Å²) in [6, 6.07) is 8.82. The van der Waals surface area contributed by atoms with E-state index < -0.39 is 0 Å². The number of halogens is 2. The fraction of sp³-hybridized carbons (Fsp3) is 0. The van der Waals surface area contributed by atoms with E-state index in [1.54, 1.807) is 30.5 Å². The Labute approximate surface area is 109 Å². The SMILES string of the molecule is NNc1cc(Nc2ccc(Cl)cc2Cl)ccn1. The van der Waals surface area contributed by atoms with Crippen molar-refractivity contribution >= 4 is 40.4 Å². The zero-order valence-corrected chi connectivity index (χ0v) is 10.3. The smallest absolute Gasteiger partial charge is 0.141 e. The van der Waals surface area contributed by atoms with Gasteiger partial charge in [0, 0.05) is 23.0 Å². The largest absolute Gasteiger partial charge is 0.354 e. The number of nitrogens with two attached hydrogens (primary N) is 1. The number of nitrogens with zero attached hydrogens (tertiary/aromatic N) is 1. The fourth-order valence-electron chi connectivity index (χ4n) is 1.33.